The van der Waals surface area contributed by atoms with Crippen molar-refractivity contribution in [3.05, 3.63) is 34.8 Å². The first-order valence-corrected chi connectivity index (χ1v) is 7.67. The number of rotatable bonds is 6. The van der Waals surface area contributed by atoms with E-state index in [4.69, 9.17) is 0 Å². The average Bonchev–Trinajstić information content (AvgIpc) is 3.03. The van der Waals surface area contributed by atoms with Gasteiger partial charge in [-0.15, -0.1) is 0 Å². The van der Waals surface area contributed by atoms with Crippen LogP contribution in [-0.2, 0) is 16.9 Å². The number of hydrogen-bond donors (Lipinski definition) is 1. The lowest BCUT2D eigenvalue weighted by Crippen LogP contribution is -2.45. The van der Waals surface area contributed by atoms with Gasteiger partial charge in [0, 0.05) is 25.5 Å². The number of amides is 1. The van der Waals surface area contributed by atoms with Gasteiger partial charge in [-0.1, -0.05) is 0 Å². The first kappa shape index (κ1) is 15.8. The van der Waals surface area contributed by atoms with E-state index in [1.807, 2.05) is 37.8 Å². The molecule has 0 aromatic carbocycles. The van der Waals surface area contributed by atoms with Gasteiger partial charge in [0.1, 0.15) is 5.54 Å². The van der Waals surface area contributed by atoms with Crippen molar-refractivity contribution in [2.24, 2.45) is 0 Å². The van der Waals surface area contributed by atoms with Crippen LogP contribution in [0.25, 0.3) is 0 Å². The summed E-state index contributed by atoms with van der Waals surface area (Å²) in [4.78, 5) is 12.3. The molecule has 0 radical (unpaired) electrons. The number of aryl methyl sites for hydroxylation is 2. The van der Waals surface area contributed by atoms with E-state index in [0.717, 1.165) is 23.0 Å². The van der Waals surface area contributed by atoms with Crippen LogP contribution in [0.15, 0.2) is 29.3 Å². The molecule has 0 fully saturated rings. The summed E-state index contributed by atoms with van der Waals surface area (Å²) in [5, 5.41) is 11.3. The van der Waals surface area contributed by atoms with E-state index in [1.54, 1.807) is 17.1 Å². The zero-order valence-electron chi connectivity index (χ0n) is 12.5. The monoisotopic (exact) mass is 353 g/mol. The lowest BCUT2D eigenvalue weighted by molar-refractivity contribution is -0.128. The SMILES string of the molecule is Cc1cnn(CCCNC(=O)C(C)(C)n2cc(Br)cn2)c1. The van der Waals surface area contributed by atoms with E-state index in [9.17, 15) is 4.79 Å². The van der Waals surface area contributed by atoms with Gasteiger partial charge in [-0.05, 0) is 48.7 Å². The van der Waals surface area contributed by atoms with Crippen molar-refractivity contribution in [1.82, 2.24) is 24.9 Å². The Labute approximate surface area is 132 Å². The lowest BCUT2D eigenvalue weighted by Gasteiger charge is -2.24. The van der Waals surface area contributed by atoms with E-state index < -0.39 is 5.54 Å². The van der Waals surface area contributed by atoms with Crippen molar-refractivity contribution < 1.29 is 4.79 Å². The molecule has 1 N–H and O–H groups in total. The summed E-state index contributed by atoms with van der Waals surface area (Å²) in [6.07, 6.45) is 8.14. The molecule has 0 aliphatic rings. The minimum absolute atomic E-state index is 0.0465. The van der Waals surface area contributed by atoms with Crippen LogP contribution in [0.4, 0.5) is 0 Å². The zero-order valence-corrected chi connectivity index (χ0v) is 14.1. The summed E-state index contributed by atoms with van der Waals surface area (Å²) in [6.45, 7) is 7.11. The highest BCUT2D eigenvalue weighted by Crippen LogP contribution is 2.17. The van der Waals surface area contributed by atoms with Crippen molar-refractivity contribution in [1.29, 1.82) is 0 Å². The Morgan fingerprint density at radius 2 is 2.10 bits per heavy atom. The summed E-state index contributed by atoms with van der Waals surface area (Å²) >= 11 is 3.34. The summed E-state index contributed by atoms with van der Waals surface area (Å²) < 4.78 is 4.40. The molecule has 2 aromatic heterocycles. The Kier molecular flexibility index (Phi) is 4.82. The van der Waals surface area contributed by atoms with Crippen LogP contribution in [0.3, 0.4) is 0 Å². The molecule has 0 aliphatic heterocycles. The Hall–Kier alpha value is -1.63. The second kappa shape index (κ2) is 6.43. The van der Waals surface area contributed by atoms with Gasteiger partial charge in [-0.3, -0.25) is 14.2 Å². The summed E-state index contributed by atoms with van der Waals surface area (Å²) in [5.74, 6) is -0.0465. The van der Waals surface area contributed by atoms with Gasteiger partial charge in [-0.2, -0.15) is 10.2 Å². The maximum atomic E-state index is 12.3. The van der Waals surface area contributed by atoms with Gasteiger partial charge >= 0.3 is 0 Å². The van der Waals surface area contributed by atoms with Gasteiger partial charge in [-0.25, -0.2) is 0 Å². The van der Waals surface area contributed by atoms with Crippen LogP contribution in [0, 0.1) is 6.92 Å². The molecule has 114 valence electrons. The first-order chi connectivity index (χ1) is 9.89. The van der Waals surface area contributed by atoms with Gasteiger partial charge < -0.3 is 5.32 Å². The standard InChI is InChI=1S/C14H20BrN5O/c1-11-7-17-19(9-11)6-4-5-16-13(21)14(2,3)20-10-12(15)8-18-20/h7-10H,4-6H2,1-3H3,(H,16,21). The molecular weight excluding hydrogens is 334 g/mol. The molecule has 2 heterocycles. The largest absolute Gasteiger partial charge is 0.354 e. The predicted molar refractivity (Wildman–Crippen MR) is 83.8 cm³/mol. The molecule has 0 saturated carbocycles. The van der Waals surface area contributed by atoms with Crippen molar-refractivity contribution in [3.8, 4) is 0 Å². The van der Waals surface area contributed by atoms with E-state index in [1.165, 1.54) is 0 Å². The third kappa shape index (κ3) is 3.93. The number of nitrogens with one attached hydrogen (secondary N) is 1. The molecule has 0 saturated heterocycles. The number of carbonyl (C=O) groups is 1. The molecule has 21 heavy (non-hydrogen) atoms. The summed E-state index contributed by atoms with van der Waals surface area (Å²) in [7, 11) is 0. The first-order valence-electron chi connectivity index (χ1n) is 6.87. The molecule has 2 rings (SSSR count). The summed E-state index contributed by atoms with van der Waals surface area (Å²) in [5.41, 5.74) is 0.429. The molecule has 0 bridgehead atoms. The van der Waals surface area contributed by atoms with E-state index in [-0.39, 0.29) is 5.91 Å². The normalized spacial score (nSPS) is 11.6. The quantitative estimate of drug-likeness (QED) is 0.808. The van der Waals surface area contributed by atoms with E-state index >= 15 is 0 Å². The van der Waals surface area contributed by atoms with Crippen LogP contribution in [0.2, 0.25) is 0 Å². The predicted octanol–water partition coefficient (Wildman–Crippen LogP) is 2.09. The molecule has 0 spiro atoms. The molecule has 1 amide bonds. The van der Waals surface area contributed by atoms with Crippen LogP contribution < -0.4 is 5.32 Å². The number of hydrogen-bond acceptors (Lipinski definition) is 3. The number of nitrogens with zero attached hydrogens (tertiary/aromatic N) is 4. The second-order valence-electron chi connectivity index (χ2n) is 5.55. The molecule has 0 aliphatic carbocycles. The highest BCUT2D eigenvalue weighted by molar-refractivity contribution is 9.10. The van der Waals surface area contributed by atoms with Gasteiger partial charge in [0.2, 0.25) is 5.91 Å². The summed E-state index contributed by atoms with van der Waals surface area (Å²) in [6, 6.07) is 0. The molecule has 6 nitrogen and oxygen atoms in total. The minimum atomic E-state index is -0.714. The number of halogens is 1. The molecule has 0 unspecified atom stereocenters. The van der Waals surface area contributed by atoms with Crippen LogP contribution in [0.1, 0.15) is 25.8 Å². The topological polar surface area (TPSA) is 64.7 Å². The van der Waals surface area contributed by atoms with E-state index in [2.05, 4.69) is 31.4 Å². The Balaban J connectivity index is 1.81. The molecule has 0 atom stereocenters. The molecule has 7 heteroatoms. The average molecular weight is 354 g/mol. The van der Waals surface area contributed by atoms with E-state index in [0.29, 0.717) is 6.54 Å². The lowest BCUT2D eigenvalue weighted by atomic mass is 10.1. The number of aromatic nitrogens is 4. The van der Waals surface area contributed by atoms with Gasteiger partial charge in [0.25, 0.3) is 0 Å². The minimum Gasteiger partial charge on any atom is -0.354 e. The number of carbonyl (C=O) groups excluding carboxylic acids is 1. The van der Waals surface area contributed by atoms with Crippen LogP contribution in [-0.4, -0.2) is 32.0 Å². The third-order valence-corrected chi connectivity index (χ3v) is 3.70. The van der Waals surface area contributed by atoms with Crippen molar-refractivity contribution in [2.45, 2.75) is 39.3 Å². The third-order valence-electron chi connectivity index (χ3n) is 3.29. The Morgan fingerprint density at radius 3 is 2.67 bits per heavy atom. The fraction of sp³-hybridized carbons (Fsp3) is 0.500. The van der Waals surface area contributed by atoms with Crippen LogP contribution in [0.5, 0.6) is 0 Å². The maximum absolute atomic E-state index is 12.3. The van der Waals surface area contributed by atoms with Gasteiger partial charge in [0.15, 0.2) is 0 Å². The molecule has 2 aromatic rings. The van der Waals surface area contributed by atoms with Crippen molar-refractivity contribution in [2.75, 3.05) is 6.54 Å². The van der Waals surface area contributed by atoms with Crippen molar-refractivity contribution >= 4 is 21.8 Å². The zero-order chi connectivity index (χ0) is 15.5. The van der Waals surface area contributed by atoms with Crippen molar-refractivity contribution in [3.63, 3.8) is 0 Å². The highest BCUT2D eigenvalue weighted by Gasteiger charge is 2.30. The smallest absolute Gasteiger partial charge is 0.247 e. The van der Waals surface area contributed by atoms with Gasteiger partial charge in [0.05, 0.1) is 16.9 Å². The Bertz CT molecular complexity index is 616. The Morgan fingerprint density at radius 1 is 1.33 bits per heavy atom. The fourth-order valence-electron chi connectivity index (χ4n) is 1.96. The fourth-order valence-corrected chi connectivity index (χ4v) is 2.24. The maximum Gasteiger partial charge on any atom is 0.247 e. The molecular formula is C14H20BrN5O. The highest BCUT2D eigenvalue weighted by atomic mass is 79.9. The van der Waals surface area contributed by atoms with Crippen LogP contribution >= 0.6 is 15.9 Å². The second-order valence-corrected chi connectivity index (χ2v) is 6.47.